The molecule has 0 fully saturated rings. The van der Waals surface area contributed by atoms with Gasteiger partial charge in [0, 0.05) is 0 Å². The summed E-state index contributed by atoms with van der Waals surface area (Å²) in [5, 5.41) is 8.42. The maximum Gasteiger partial charge on any atom is 0.416 e. The molecule has 1 aromatic carbocycles. The summed E-state index contributed by atoms with van der Waals surface area (Å²) >= 11 is 0. The Balaban J connectivity index is 2.45. The predicted molar refractivity (Wildman–Crippen MR) is 62.4 cm³/mol. The first-order valence-corrected chi connectivity index (χ1v) is 7.29. The fourth-order valence-corrected chi connectivity index (χ4v) is 4.39. The van der Waals surface area contributed by atoms with E-state index in [1.807, 2.05) is 0 Å². The number of sulfone groups is 1. The lowest BCUT2D eigenvalue weighted by atomic mass is 10.0. The molecule has 0 bridgehead atoms. The smallest absolute Gasteiger partial charge is 0.393 e. The maximum atomic E-state index is 12.6. The normalized spacial score (nSPS) is 23.1. The third-order valence-corrected chi connectivity index (χ3v) is 5.42. The predicted octanol–water partition coefficient (Wildman–Crippen LogP) is 2.17. The second-order valence-corrected chi connectivity index (χ2v) is 6.97. The number of aliphatic hydroxyl groups excluding tert-OH is 1. The Hall–Kier alpha value is -1.08. The van der Waals surface area contributed by atoms with E-state index < -0.39 is 32.9 Å². The van der Waals surface area contributed by atoms with Crippen molar-refractivity contribution in [3.63, 3.8) is 0 Å². The molecule has 1 aliphatic heterocycles. The van der Waals surface area contributed by atoms with Crippen molar-refractivity contribution in [3.8, 4) is 0 Å². The highest BCUT2D eigenvalue weighted by atomic mass is 32.2. The Morgan fingerprint density at radius 2 is 2.05 bits per heavy atom. The van der Waals surface area contributed by atoms with Crippen LogP contribution in [-0.4, -0.2) is 24.9 Å². The molecule has 1 heterocycles. The van der Waals surface area contributed by atoms with Crippen molar-refractivity contribution < 1.29 is 26.7 Å². The number of aliphatic hydroxyl groups is 1. The SMILES string of the molecule is CC(O)CC1Cc2ccc(C(F)(F)F)cc2S1(=O)=O. The van der Waals surface area contributed by atoms with Crippen LogP contribution >= 0.6 is 0 Å². The number of rotatable bonds is 2. The molecule has 2 unspecified atom stereocenters. The van der Waals surface area contributed by atoms with Crippen LogP contribution in [-0.2, 0) is 22.4 Å². The lowest BCUT2D eigenvalue weighted by Gasteiger charge is -2.11. The van der Waals surface area contributed by atoms with Crippen LogP contribution in [0.5, 0.6) is 0 Å². The van der Waals surface area contributed by atoms with Gasteiger partial charge in [0.1, 0.15) is 0 Å². The Morgan fingerprint density at radius 1 is 1.42 bits per heavy atom. The van der Waals surface area contributed by atoms with E-state index in [1.165, 1.54) is 13.0 Å². The zero-order valence-electron chi connectivity index (χ0n) is 10.1. The molecule has 0 spiro atoms. The van der Waals surface area contributed by atoms with E-state index in [9.17, 15) is 26.7 Å². The van der Waals surface area contributed by atoms with Gasteiger partial charge in [-0.25, -0.2) is 8.42 Å². The first kappa shape index (κ1) is 14.3. The minimum absolute atomic E-state index is 0.0262. The van der Waals surface area contributed by atoms with Crippen molar-refractivity contribution in [3.05, 3.63) is 29.3 Å². The van der Waals surface area contributed by atoms with Crippen molar-refractivity contribution in [2.45, 2.75) is 42.2 Å². The molecular formula is C12H13F3O3S. The minimum Gasteiger partial charge on any atom is -0.393 e. The van der Waals surface area contributed by atoms with Crippen LogP contribution in [0.2, 0.25) is 0 Å². The standard InChI is InChI=1S/C12H13F3O3S/c1-7(16)4-10-5-8-2-3-9(12(13,14)15)6-11(8)19(10,17)18/h2-3,6-7,10,16H,4-5H2,1H3. The van der Waals surface area contributed by atoms with Crippen molar-refractivity contribution in [1.82, 2.24) is 0 Å². The van der Waals surface area contributed by atoms with Gasteiger partial charge in [0.2, 0.25) is 0 Å². The molecule has 1 N–H and O–H groups in total. The van der Waals surface area contributed by atoms with Gasteiger partial charge in [-0.15, -0.1) is 0 Å². The second-order valence-electron chi connectivity index (χ2n) is 4.78. The summed E-state index contributed by atoms with van der Waals surface area (Å²) in [5.41, 5.74) is -0.578. The molecular weight excluding hydrogens is 281 g/mol. The highest BCUT2D eigenvalue weighted by molar-refractivity contribution is 7.92. The van der Waals surface area contributed by atoms with Crippen LogP contribution in [0.3, 0.4) is 0 Å². The molecule has 1 aromatic rings. The zero-order chi connectivity index (χ0) is 14.4. The van der Waals surface area contributed by atoms with Gasteiger partial charge in [-0.05, 0) is 37.5 Å². The van der Waals surface area contributed by atoms with Crippen LogP contribution in [0, 0.1) is 0 Å². The third-order valence-electron chi connectivity index (χ3n) is 3.19. The van der Waals surface area contributed by atoms with Gasteiger partial charge in [-0.2, -0.15) is 13.2 Å². The average molecular weight is 294 g/mol. The van der Waals surface area contributed by atoms with E-state index in [0.29, 0.717) is 11.6 Å². The third kappa shape index (κ3) is 2.62. The summed E-state index contributed by atoms with van der Waals surface area (Å²) in [5.74, 6) is 0. The molecule has 0 saturated carbocycles. The van der Waals surface area contributed by atoms with Crippen LogP contribution in [0.1, 0.15) is 24.5 Å². The lowest BCUT2D eigenvalue weighted by Crippen LogP contribution is -2.22. The van der Waals surface area contributed by atoms with E-state index >= 15 is 0 Å². The molecule has 1 aliphatic rings. The van der Waals surface area contributed by atoms with Crippen LogP contribution in [0.25, 0.3) is 0 Å². The van der Waals surface area contributed by atoms with Crippen molar-refractivity contribution in [2.24, 2.45) is 0 Å². The number of alkyl halides is 3. The van der Waals surface area contributed by atoms with Gasteiger partial charge in [0.05, 0.1) is 21.8 Å². The van der Waals surface area contributed by atoms with Gasteiger partial charge in [-0.3, -0.25) is 0 Å². The average Bonchev–Trinajstić information content (AvgIpc) is 2.49. The maximum absolute atomic E-state index is 12.6. The fraction of sp³-hybridized carbons (Fsp3) is 0.500. The van der Waals surface area contributed by atoms with E-state index in [1.54, 1.807) is 0 Å². The fourth-order valence-electron chi connectivity index (χ4n) is 2.29. The van der Waals surface area contributed by atoms with Crippen molar-refractivity contribution in [1.29, 1.82) is 0 Å². The first-order valence-electron chi connectivity index (χ1n) is 5.74. The quantitative estimate of drug-likeness (QED) is 0.909. The van der Waals surface area contributed by atoms with Crippen LogP contribution < -0.4 is 0 Å². The molecule has 19 heavy (non-hydrogen) atoms. The monoisotopic (exact) mass is 294 g/mol. The summed E-state index contributed by atoms with van der Waals surface area (Å²) in [7, 11) is -3.78. The number of hydrogen-bond acceptors (Lipinski definition) is 3. The van der Waals surface area contributed by atoms with Gasteiger partial charge >= 0.3 is 6.18 Å². The molecule has 0 amide bonds. The first-order chi connectivity index (χ1) is 8.62. The molecule has 2 atom stereocenters. The molecule has 0 aliphatic carbocycles. The highest BCUT2D eigenvalue weighted by Gasteiger charge is 2.40. The van der Waals surface area contributed by atoms with E-state index in [2.05, 4.69) is 0 Å². The zero-order valence-corrected chi connectivity index (χ0v) is 10.9. The Bertz CT molecular complexity index is 591. The van der Waals surface area contributed by atoms with Gasteiger partial charge in [0.25, 0.3) is 0 Å². The van der Waals surface area contributed by atoms with E-state index in [0.717, 1.165) is 6.07 Å². The molecule has 3 nitrogen and oxygen atoms in total. The van der Waals surface area contributed by atoms with E-state index in [-0.39, 0.29) is 17.7 Å². The lowest BCUT2D eigenvalue weighted by molar-refractivity contribution is -0.137. The van der Waals surface area contributed by atoms with Crippen LogP contribution in [0.4, 0.5) is 13.2 Å². The Kier molecular flexibility index (Phi) is 3.38. The number of fused-ring (bicyclic) bond motifs is 1. The van der Waals surface area contributed by atoms with Crippen molar-refractivity contribution >= 4 is 9.84 Å². The summed E-state index contributed by atoms with van der Waals surface area (Å²) in [6.45, 7) is 1.46. The highest BCUT2D eigenvalue weighted by Crippen LogP contribution is 2.38. The Morgan fingerprint density at radius 3 is 2.58 bits per heavy atom. The number of halogens is 3. The molecule has 106 valence electrons. The molecule has 7 heteroatoms. The largest absolute Gasteiger partial charge is 0.416 e. The van der Waals surface area contributed by atoms with Gasteiger partial charge in [0.15, 0.2) is 9.84 Å². The minimum atomic E-state index is -4.56. The summed E-state index contributed by atoms with van der Waals surface area (Å²) in [6, 6.07) is 2.78. The molecule has 0 saturated heterocycles. The summed E-state index contributed by atoms with van der Waals surface area (Å²) < 4.78 is 62.0. The van der Waals surface area contributed by atoms with Gasteiger partial charge in [-0.1, -0.05) is 6.07 Å². The second kappa shape index (κ2) is 4.49. The topological polar surface area (TPSA) is 54.4 Å². The number of benzene rings is 1. The van der Waals surface area contributed by atoms with Crippen LogP contribution in [0.15, 0.2) is 23.1 Å². The van der Waals surface area contributed by atoms with Gasteiger partial charge < -0.3 is 5.11 Å². The van der Waals surface area contributed by atoms with E-state index in [4.69, 9.17) is 0 Å². The Labute approximate surface area is 109 Å². The molecule has 2 rings (SSSR count). The number of hydrogen-bond donors (Lipinski definition) is 1. The molecule has 0 aromatic heterocycles. The summed E-state index contributed by atoms with van der Waals surface area (Å²) in [4.78, 5) is -0.257. The van der Waals surface area contributed by atoms with Crippen molar-refractivity contribution in [2.75, 3.05) is 0 Å². The summed E-state index contributed by atoms with van der Waals surface area (Å²) in [6.07, 6.45) is -5.19. The molecule has 0 radical (unpaired) electrons.